The summed E-state index contributed by atoms with van der Waals surface area (Å²) in [6, 6.07) is 0. The quantitative estimate of drug-likeness (QED) is 0.595. The van der Waals surface area contributed by atoms with Gasteiger partial charge in [0.2, 0.25) is 0 Å². The predicted octanol–water partition coefficient (Wildman–Crippen LogP) is 1.32. The standard InChI is InChI=1S/C10H13N/c11-5-10-6-1-2-8-7(3-6)4-9(8)10/h1-3,7-10H,4-5,11H2/t7?,8?,9?,10-/m0/s1. The first-order chi connectivity index (χ1) is 5.40. The first kappa shape index (κ1) is 6.01. The summed E-state index contributed by atoms with van der Waals surface area (Å²) < 4.78 is 0. The van der Waals surface area contributed by atoms with Crippen LogP contribution in [0.3, 0.4) is 0 Å². The van der Waals surface area contributed by atoms with Crippen molar-refractivity contribution in [1.82, 2.24) is 0 Å². The van der Waals surface area contributed by atoms with E-state index < -0.39 is 0 Å². The first-order valence-corrected chi connectivity index (χ1v) is 4.50. The monoisotopic (exact) mass is 147 g/mol. The molecule has 1 heteroatoms. The van der Waals surface area contributed by atoms with E-state index in [4.69, 9.17) is 5.73 Å². The van der Waals surface area contributed by atoms with E-state index in [-0.39, 0.29) is 0 Å². The lowest BCUT2D eigenvalue weighted by Gasteiger charge is -2.53. The molecule has 4 bridgehead atoms. The Morgan fingerprint density at radius 3 is 2.91 bits per heavy atom. The van der Waals surface area contributed by atoms with Crippen molar-refractivity contribution in [2.75, 3.05) is 6.54 Å². The molecule has 3 unspecified atom stereocenters. The van der Waals surface area contributed by atoms with Gasteiger partial charge in [-0.05, 0) is 42.2 Å². The van der Waals surface area contributed by atoms with Crippen molar-refractivity contribution in [1.29, 1.82) is 0 Å². The Bertz CT molecular complexity index is 252. The smallest absolute Gasteiger partial charge is 0.000546 e. The lowest BCUT2D eigenvalue weighted by molar-refractivity contribution is 0.0814. The molecule has 58 valence electrons. The molecule has 2 N–H and O–H groups in total. The van der Waals surface area contributed by atoms with Crippen LogP contribution in [0.1, 0.15) is 6.42 Å². The number of allylic oxidation sites excluding steroid dienone is 3. The van der Waals surface area contributed by atoms with Crippen LogP contribution in [-0.4, -0.2) is 6.54 Å². The van der Waals surface area contributed by atoms with Gasteiger partial charge in [0.1, 0.15) is 0 Å². The Labute approximate surface area is 67.0 Å². The molecule has 0 radical (unpaired) electrons. The molecule has 1 fully saturated rings. The minimum Gasteiger partial charge on any atom is -0.330 e. The van der Waals surface area contributed by atoms with Gasteiger partial charge in [-0.1, -0.05) is 18.2 Å². The average Bonchev–Trinajstić information content (AvgIpc) is 2.03. The molecule has 0 aromatic heterocycles. The van der Waals surface area contributed by atoms with Crippen LogP contribution in [0.5, 0.6) is 0 Å². The number of rotatable bonds is 1. The summed E-state index contributed by atoms with van der Waals surface area (Å²) in [5, 5.41) is 0. The van der Waals surface area contributed by atoms with Gasteiger partial charge in [0.25, 0.3) is 0 Å². The van der Waals surface area contributed by atoms with Crippen LogP contribution >= 0.6 is 0 Å². The van der Waals surface area contributed by atoms with E-state index in [0.29, 0.717) is 5.92 Å². The summed E-state index contributed by atoms with van der Waals surface area (Å²) in [5.74, 6) is 3.37. The molecule has 11 heavy (non-hydrogen) atoms. The normalized spacial score (nSPS) is 50.5. The van der Waals surface area contributed by atoms with Gasteiger partial charge in [-0.15, -0.1) is 0 Å². The molecule has 0 aromatic carbocycles. The van der Waals surface area contributed by atoms with E-state index in [1.54, 1.807) is 0 Å². The SMILES string of the molecule is NC[C@H]1C2=CC3CC1C3C=C2. The highest BCUT2D eigenvalue weighted by atomic mass is 14.6. The highest BCUT2D eigenvalue weighted by molar-refractivity contribution is 5.38. The fourth-order valence-corrected chi connectivity index (χ4v) is 2.98. The maximum Gasteiger partial charge on any atom is -0.000546 e. The summed E-state index contributed by atoms with van der Waals surface area (Å²) in [7, 11) is 0. The van der Waals surface area contributed by atoms with Gasteiger partial charge in [-0.3, -0.25) is 0 Å². The highest BCUT2D eigenvalue weighted by Crippen LogP contribution is 2.56. The molecule has 0 aliphatic heterocycles. The van der Waals surface area contributed by atoms with Gasteiger partial charge in [0.15, 0.2) is 0 Å². The molecule has 0 spiro atoms. The molecule has 1 saturated carbocycles. The average molecular weight is 147 g/mol. The molecule has 0 heterocycles. The van der Waals surface area contributed by atoms with E-state index >= 15 is 0 Å². The zero-order chi connectivity index (χ0) is 7.42. The van der Waals surface area contributed by atoms with Crippen LogP contribution in [0.2, 0.25) is 0 Å². The Hall–Kier alpha value is -0.560. The third kappa shape index (κ3) is 0.564. The summed E-state index contributed by atoms with van der Waals surface area (Å²) in [6.45, 7) is 0.851. The minimum atomic E-state index is 0.704. The van der Waals surface area contributed by atoms with Gasteiger partial charge in [-0.2, -0.15) is 0 Å². The Kier molecular flexibility index (Phi) is 0.972. The molecule has 5 aliphatic rings. The van der Waals surface area contributed by atoms with Crippen molar-refractivity contribution in [2.45, 2.75) is 6.42 Å². The van der Waals surface area contributed by atoms with Crippen molar-refractivity contribution in [2.24, 2.45) is 29.4 Å². The van der Waals surface area contributed by atoms with Gasteiger partial charge in [0, 0.05) is 0 Å². The topological polar surface area (TPSA) is 26.0 Å². The van der Waals surface area contributed by atoms with E-state index in [9.17, 15) is 0 Å². The van der Waals surface area contributed by atoms with Crippen LogP contribution in [0.25, 0.3) is 0 Å². The molecule has 1 nitrogen and oxygen atoms in total. The van der Waals surface area contributed by atoms with Crippen molar-refractivity contribution in [3.8, 4) is 0 Å². The minimum absolute atomic E-state index is 0.704. The second kappa shape index (κ2) is 1.78. The van der Waals surface area contributed by atoms with Crippen molar-refractivity contribution < 1.29 is 0 Å². The van der Waals surface area contributed by atoms with Crippen molar-refractivity contribution in [3.63, 3.8) is 0 Å². The first-order valence-electron chi connectivity index (χ1n) is 4.50. The van der Waals surface area contributed by atoms with Crippen LogP contribution < -0.4 is 5.73 Å². The van der Waals surface area contributed by atoms with Crippen LogP contribution in [0.4, 0.5) is 0 Å². The Morgan fingerprint density at radius 1 is 1.55 bits per heavy atom. The molecule has 0 amide bonds. The summed E-state index contributed by atoms with van der Waals surface area (Å²) in [5.41, 5.74) is 7.25. The highest BCUT2D eigenvalue weighted by Gasteiger charge is 2.48. The zero-order valence-corrected chi connectivity index (χ0v) is 6.53. The largest absolute Gasteiger partial charge is 0.330 e. The number of nitrogens with two attached hydrogens (primary N) is 1. The summed E-state index contributed by atoms with van der Waals surface area (Å²) >= 11 is 0. The lowest BCUT2D eigenvalue weighted by Crippen LogP contribution is -2.48. The Morgan fingerprint density at radius 2 is 2.45 bits per heavy atom. The van der Waals surface area contributed by atoms with Crippen LogP contribution in [0, 0.1) is 23.7 Å². The second-order valence-corrected chi connectivity index (χ2v) is 4.01. The van der Waals surface area contributed by atoms with Crippen LogP contribution in [-0.2, 0) is 0 Å². The molecule has 5 rings (SSSR count). The molecule has 4 atom stereocenters. The van der Waals surface area contributed by atoms with Gasteiger partial charge < -0.3 is 5.73 Å². The maximum absolute atomic E-state index is 5.73. The fourth-order valence-electron chi connectivity index (χ4n) is 2.98. The summed E-state index contributed by atoms with van der Waals surface area (Å²) in [4.78, 5) is 0. The molecule has 0 saturated heterocycles. The molecule has 0 aromatic rings. The number of hydrogen-bond donors (Lipinski definition) is 1. The lowest BCUT2D eigenvalue weighted by atomic mass is 9.51. The van der Waals surface area contributed by atoms with Crippen LogP contribution in [0.15, 0.2) is 23.8 Å². The molecule has 5 aliphatic carbocycles. The second-order valence-electron chi connectivity index (χ2n) is 4.01. The third-order valence-corrected chi connectivity index (χ3v) is 3.65. The van der Waals surface area contributed by atoms with E-state index in [1.807, 2.05) is 0 Å². The van der Waals surface area contributed by atoms with Gasteiger partial charge >= 0.3 is 0 Å². The Balaban J connectivity index is 2.06. The van der Waals surface area contributed by atoms with Gasteiger partial charge in [0.05, 0.1) is 0 Å². The molecular weight excluding hydrogens is 134 g/mol. The van der Waals surface area contributed by atoms with Crippen molar-refractivity contribution >= 4 is 0 Å². The third-order valence-electron chi connectivity index (χ3n) is 3.65. The van der Waals surface area contributed by atoms with Crippen molar-refractivity contribution in [3.05, 3.63) is 23.8 Å². The molecular formula is C10H13N. The van der Waals surface area contributed by atoms with Gasteiger partial charge in [-0.25, -0.2) is 0 Å². The number of hydrogen-bond acceptors (Lipinski definition) is 1. The fraction of sp³-hybridized carbons (Fsp3) is 0.600. The van der Waals surface area contributed by atoms with E-state index in [1.165, 1.54) is 12.0 Å². The maximum atomic E-state index is 5.73. The van der Waals surface area contributed by atoms with E-state index in [0.717, 1.165) is 24.3 Å². The van der Waals surface area contributed by atoms with E-state index in [2.05, 4.69) is 18.2 Å². The summed E-state index contributed by atoms with van der Waals surface area (Å²) in [6.07, 6.45) is 8.53. The predicted molar refractivity (Wildman–Crippen MR) is 44.9 cm³/mol. The zero-order valence-electron chi connectivity index (χ0n) is 6.53.